The molecule has 3 aliphatic rings. The van der Waals surface area contributed by atoms with Crippen molar-refractivity contribution in [1.29, 1.82) is 0 Å². The number of rotatable bonds is 5. The van der Waals surface area contributed by atoms with E-state index in [4.69, 9.17) is 19.9 Å². The predicted octanol–water partition coefficient (Wildman–Crippen LogP) is 1.28. The van der Waals surface area contributed by atoms with E-state index < -0.39 is 52.7 Å². The number of ether oxygens (including phenoxy) is 3. The normalized spacial score (nSPS) is 27.8. The van der Waals surface area contributed by atoms with Crippen molar-refractivity contribution in [2.24, 2.45) is 23.5 Å². The van der Waals surface area contributed by atoms with Crippen molar-refractivity contribution in [2.75, 3.05) is 21.3 Å². The quantitative estimate of drug-likeness (QED) is 0.347. The second-order valence-electron chi connectivity index (χ2n) is 10.1. The Morgan fingerprint density at radius 2 is 1.67 bits per heavy atom. The lowest BCUT2D eigenvalue weighted by Gasteiger charge is -2.48. The van der Waals surface area contributed by atoms with E-state index in [0.717, 1.165) is 0 Å². The van der Waals surface area contributed by atoms with Crippen LogP contribution in [0.3, 0.4) is 0 Å². The summed E-state index contributed by atoms with van der Waals surface area (Å²) in [6, 6.07) is 6.47. The number of methoxy groups -OCH3 is 3. The first-order chi connectivity index (χ1) is 18.5. The average molecular weight is 540 g/mol. The average Bonchev–Trinajstić information content (AvgIpc) is 2.89. The lowest BCUT2D eigenvalue weighted by atomic mass is 9.56. The molecular weight excluding hydrogens is 510 g/mol. The first-order valence-corrected chi connectivity index (χ1v) is 12.4. The number of primary amides is 1. The molecule has 0 spiro atoms. The highest BCUT2D eigenvalue weighted by Crippen LogP contribution is 2.53. The molecule has 0 heterocycles. The Hall–Kier alpha value is -4.09. The molecule has 2 fully saturated rings. The molecule has 206 valence electrons. The molecule has 1 amide bonds. The van der Waals surface area contributed by atoms with E-state index in [1.54, 1.807) is 18.2 Å². The van der Waals surface area contributed by atoms with Gasteiger partial charge in [-0.25, -0.2) is 0 Å². The largest absolute Gasteiger partial charge is 0.507 e. The second kappa shape index (κ2) is 9.28. The molecule has 2 aromatic carbocycles. The van der Waals surface area contributed by atoms with Crippen LogP contribution in [0.2, 0.25) is 0 Å². The van der Waals surface area contributed by atoms with Crippen LogP contribution in [0.4, 0.5) is 0 Å². The highest BCUT2D eigenvalue weighted by molar-refractivity contribution is 6.24. The molecule has 5 rings (SSSR count). The summed E-state index contributed by atoms with van der Waals surface area (Å²) >= 11 is 0. The molecule has 2 unspecified atom stereocenters. The molecule has 11 heteroatoms. The van der Waals surface area contributed by atoms with Gasteiger partial charge in [0.25, 0.3) is 0 Å². The smallest absolute Gasteiger partial charge is 0.230 e. The number of amides is 1. The molecule has 6 N–H and O–H groups in total. The first kappa shape index (κ1) is 26.5. The zero-order valence-corrected chi connectivity index (χ0v) is 21.6. The van der Waals surface area contributed by atoms with E-state index in [1.165, 1.54) is 27.4 Å². The number of aliphatic hydroxyl groups is 3. The third kappa shape index (κ3) is 3.68. The number of Topliss-reactive ketones (excluding diaryl/α,β-unsaturated/α-hetero) is 2. The van der Waals surface area contributed by atoms with E-state index in [0.29, 0.717) is 33.9 Å². The van der Waals surface area contributed by atoms with Gasteiger partial charge in [0.05, 0.1) is 33.0 Å². The van der Waals surface area contributed by atoms with Crippen molar-refractivity contribution >= 4 is 23.2 Å². The molecule has 2 saturated carbocycles. The van der Waals surface area contributed by atoms with Crippen LogP contribution in [-0.2, 0) is 20.8 Å². The van der Waals surface area contributed by atoms with Crippen LogP contribution >= 0.6 is 0 Å². The monoisotopic (exact) mass is 539 g/mol. The summed E-state index contributed by atoms with van der Waals surface area (Å²) in [5.74, 6) is -6.44. The minimum Gasteiger partial charge on any atom is -0.507 e. The summed E-state index contributed by atoms with van der Waals surface area (Å²) in [7, 11) is 4.43. The van der Waals surface area contributed by atoms with Gasteiger partial charge < -0.3 is 40.4 Å². The molecule has 0 bridgehead atoms. The Morgan fingerprint density at radius 1 is 1.03 bits per heavy atom. The van der Waals surface area contributed by atoms with Gasteiger partial charge in [-0.05, 0) is 60.1 Å². The van der Waals surface area contributed by atoms with Crippen LogP contribution in [0.5, 0.6) is 23.0 Å². The van der Waals surface area contributed by atoms with Gasteiger partial charge in [0, 0.05) is 11.5 Å². The van der Waals surface area contributed by atoms with Crippen molar-refractivity contribution in [3.63, 3.8) is 0 Å². The number of nitrogens with two attached hydrogens (primary N) is 1. The Morgan fingerprint density at radius 3 is 2.23 bits per heavy atom. The molecule has 0 radical (unpaired) electrons. The van der Waals surface area contributed by atoms with Crippen LogP contribution in [0.25, 0.3) is 16.9 Å². The van der Waals surface area contributed by atoms with Gasteiger partial charge in [0.15, 0.2) is 22.9 Å². The van der Waals surface area contributed by atoms with Gasteiger partial charge in [-0.15, -0.1) is 0 Å². The zero-order chi connectivity index (χ0) is 28.4. The number of benzene rings is 2. The molecule has 0 aromatic heterocycles. The van der Waals surface area contributed by atoms with Gasteiger partial charge in [-0.2, -0.15) is 0 Å². The number of hydrogen-bond acceptors (Lipinski definition) is 10. The molecule has 11 nitrogen and oxygen atoms in total. The number of hydrogen-bond donors (Lipinski definition) is 5. The number of carbonyl (C=O) groups is 3. The molecule has 3 aliphatic carbocycles. The van der Waals surface area contributed by atoms with Crippen LogP contribution in [0, 0.1) is 17.8 Å². The van der Waals surface area contributed by atoms with Crippen molar-refractivity contribution in [3.8, 4) is 34.1 Å². The lowest BCUT2D eigenvalue weighted by molar-refractivity contribution is -0.174. The maximum absolute atomic E-state index is 13.7. The van der Waals surface area contributed by atoms with Gasteiger partial charge in [0.1, 0.15) is 17.4 Å². The molecule has 39 heavy (non-hydrogen) atoms. The summed E-state index contributed by atoms with van der Waals surface area (Å²) in [6.45, 7) is 0. The van der Waals surface area contributed by atoms with Crippen molar-refractivity contribution < 1.29 is 49.0 Å². The molecule has 5 atom stereocenters. The fourth-order valence-electron chi connectivity index (χ4n) is 6.43. The summed E-state index contributed by atoms with van der Waals surface area (Å²) in [5, 5.41) is 43.9. The summed E-state index contributed by atoms with van der Waals surface area (Å²) in [5.41, 5.74) is 4.24. The molecule has 0 aliphatic heterocycles. The molecule has 2 aromatic rings. The number of phenols is 1. The molecular formula is C28H29NO10. The Bertz CT molecular complexity index is 1420. The summed E-state index contributed by atoms with van der Waals surface area (Å²) < 4.78 is 16.3. The predicted molar refractivity (Wildman–Crippen MR) is 136 cm³/mol. The van der Waals surface area contributed by atoms with Gasteiger partial charge in [-0.1, -0.05) is 6.07 Å². The number of phenolic OH excluding ortho intramolecular Hbond substituents is 1. The van der Waals surface area contributed by atoms with E-state index in [2.05, 4.69) is 0 Å². The number of aromatic hydroxyl groups is 1. The van der Waals surface area contributed by atoms with Crippen molar-refractivity contribution in [1.82, 2.24) is 0 Å². The minimum atomic E-state index is -2.62. The van der Waals surface area contributed by atoms with E-state index in [9.17, 15) is 34.8 Å². The maximum atomic E-state index is 13.7. The second-order valence-corrected chi connectivity index (χ2v) is 10.1. The zero-order valence-electron chi connectivity index (χ0n) is 21.6. The van der Waals surface area contributed by atoms with Gasteiger partial charge >= 0.3 is 0 Å². The summed E-state index contributed by atoms with van der Waals surface area (Å²) in [6.07, 6.45) is -1.39. The maximum Gasteiger partial charge on any atom is 0.230 e. The Kier molecular flexibility index (Phi) is 6.31. The first-order valence-electron chi connectivity index (χ1n) is 12.4. The number of carbonyl (C=O) groups excluding carboxylic acids is 3. The van der Waals surface area contributed by atoms with Crippen molar-refractivity contribution in [2.45, 2.75) is 31.0 Å². The lowest BCUT2D eigenvalue weighted by Crippen LogP contribution is -2.66. The van der Waals surface area contributed by atoms with Gasteiger partial charge in [0.2, 0.25) is 17.4 Å². The Labute approximate surface area is 223 Å². The van der Waals surface area contributed by atoms with Crippen LogP contribution in [-0.4, -0.2) is 70.9 Å². The highest BCUT2D eigenvalue weighted by atomic mass is 16.5. The van der Waals surface area contributed by atoms with Gasteiger partial charge in [-0.3, -0.25) is 14.4 Å². The van der Waals surface area contributed by atoms with Crippen LogP contribution in [0.1, 0.15) is 24.0 Å². The molecule has 0 saturated heterocycles. The standard InChI is InChI=1S/C28H29NO10/c1-37-18-8-11(9-19(38-2)24(18)39-3)14-4-5-16(30)21-15(14)7-12-6-13-10-17(31)22(27(29)35)26(34)28(13,36)25(33)20(12)23(21)32/h4-5,8-9,12-13,17,22,30-32,36H,6-7,10H2,1-3H3,(H2,29,35)/t12-,13+,17?,22?,28+/m1/s1. The number of ketones is 2. The third-order valence-corrected chi connectivity index (χ3v) is 8.24. The van der Waals surface area contributed by atoms with Crippen LogP contribution < -0.4 is 19.9 Å². The fraction of sp³-hybridized carbons (Fsp3) is 0.393. The fourth-order valence-corrected chi connectivity index (χ4v) is 6.43. The van der Waals surface area contributed by atoms with E-state index >= 15 is 0 Å². The number of fused-ring (bicyclic) bond motifs is 3. The highest BCUT2D eigenvalue weighted by Gasteiger charge is 2.64. The van der Waals surface area contributed by atoms with Crippen molar-refractivity contribution in [3.05, 3.63) is 41.0 Å². The topological polar surface area (TPSA) is 186 Å². The minimum absolute atomic E-state index is 0.00218. The SMILES string of the molecule is COc1cc(-c2ccc(O)c3c2C[C@H]2C[C@H]4CC(O)C(C(N)=O)C(=O)[C@@]4(O)C(=O)C2=C3O)cc(OC)c1OC. The van der Waals surface area contributed by atoms with Crippen LogP contribution in [0.15, 0.2) is 29.8 Å². The third-order valence-electron chi connectivity index (χ3n) is 8.24. The number of aliphatic hydroxyl groups excluding tert-OH is 2. The summed E-state index contributed by atoms with van der Waals surface area (Å²) in [4.78, 5) is 38.7. The Balaban J connectivity index is 1.68. The van der Waals surface area contributed by atoms with E-state index in [-0.39, 0.29) is 36.1 Å². The van der Waals surface area contributed by atoms with E-state index in [1.807, 2.05) is 0 Å².